The molecule has 3 heterocycles. The van der Waals surface area contributed by atoms with Gasteiger partial charge in [0.2, 0.25) is 0 Å². The number of aliphatic imine (C=N–C) groups is 1. The molecule has 2 aliphatic rings. The van der Waals surface area contributed by atoms with Crippen molar-refractivity contribution in [2.45, 2.75) is 38.5 Å². The minimum Gasteiger partial charge on any atom is -0.494 e. The van der Waals surface area contributed by atoms with E-state index in [1.807, 2.05) is 24.4 Å². The Labute approximate surface area is 142 Å². The summed E-state index contributed by atoms with van der Waals surface area (Å²) in [4.78, 5) is 11.4. The number of aromatic amines is 2. The molecule has 1 atom stereocenters. The van der Waals surface area contributed by atoms with Crippen LogP contribution in [0.1, 0.15) is 54.6 Å². The Balaban J connectivity index is 1.74. The number of nitrogens with one attached hydrogen (secondary N) is 2. The van der Waals surface area contributed by atoms with Crippen molar-refractivity contribution in [3.63, 3.8) is 0 Å². The maximum atomic E-state index is 5.55. The first kappa shape index (κ1) is 15.1. The molecule has 2 aromatic heterocycles. The van der Waals surface area contributed by atoms with Crippen molar-refractivity contribution < 1.29 is 4.74 Å². The van der Waals surface area contributed by atoms with Gasteiger partial charge in [-0.05, 0) is 60.9 Å². The molecule has 2 aromatic rings. The normalized spacial score (nSPS) is 21.6. The first-order valence-electron chi connectivity index (χ1n) is 8.70. The van der Waals surface area contributed by atoms with Gasteiger partial charge in [-0.25, -0.2) is 4.99 Å². The Morgan fingerprint density at radius 3 is 3.04 bits per heavy atom. The summed E-state index contributed by atoms with van der Waals surface area (Å²) in [6, 6.07) is 4.00. The highest BCUT2D eigenvalue weighted by molar-refractivity contribution is 6.11. The quantitative estimate of drug-likeness (QED) is 0.853. The molecule has 2 N–H and O–H groups in total. The van der Waals surface area contributed by atoms with Crippen LogP contribution >= 0.6 is 0 Å². The van der Waals surface area contributed by atoms with Crippen LogP contribution in [0.5, 0.6) is 0 Å². The van der Waals surface area contributed by atoms with Gasteiger partial charge in [-0.3, -0.25) is 0 Å². The lowest BCUT2D eigenvalue weighted by Gasteiger charge is -2.22. The van der Waals surface area contributed by atoms with E-state index < -0.39 is 0 Å². The summed E-state index contributed by atoms with van der Waals surface area (Å²) in [6.45, 7) is 2.28. The fourth-order valence-corrected chi connectivity index (χ4v) is 3.84. The van der Waals surface area contributed by atoms with E-state index >= 15 is 0 Å². The molecule has 4 heteroatoms. The van der Waals surface area contributed by atoms with Crippen LogP contribution < -0.4 is 0 Å². The van der Waals surface area contributed by atoms with Gasteiger partial charge in [0.15, 0.2) is 0 Å². The number of allylic oxidation sites excluding steroid dienone is 1. The smallest absolute Gasteiger partial charge is 0.146 e. The SMILES string of the molecule is CCC1CCCc2c[nH]c(C=C3N=C(c4ccc[nH]4)C=C3OC)c21. The Morgan fingerprint density at radius 2 is 2.29 bits per heavy atom. The summed E-state index contributed by atoms with van der Waals surface area (Å²) in [5, 5.41) is 0. The molecule has 124 valence electrons. The highest BCUT2D eigenvalue weighted by Crippen LogP contribution is 2.37. The Bertz CT molecular complexity index is 821. The van der Waals surface area contributed by atoms with Crippen molar-refractivity contribution in [1.82, 2.24) is 9.97 Å². The highest BCUT2D eigenvalue weighted by Gasteiger charge is 2.24. The number of H-pyrrole nitrogens is 2. The van der Waals surface area contributed by atoms with Gasteiger partial charge >= 0.3 is 0 Å². The van der Waals surface area contributed by atoms with Crippen LogP contribution in [0.3, 0.4) is 0 Å². The maximum Gasteiger partial charge on any atom is 0.146 e. The second kappa shape index (κ2) is 6.19. The van der Waals surface area contributed by atoms with Crippen LogP contribution in [0.15, 0.2) is 47.1 Å². The van der Waals surface area contributed by atoms with Crippen molar-refractivity contribution in [2.75, 3.05) is 7.11 Å². The van der Waals surface area contributed by atoms with Gasteiger partial charge in [-0.15, -0.1) is 0 Å². The number of hydrogen-bond acceptors (Lipinski definition) is 2. The molecule has 0 saturated carbocycles. The predicted octanol–water partition coefficient (Wildman–Crippen LogP) is 4.55. The number of methoxy groups -OCH3 is 1. The first-order chi connectivity index (χ1) is 11.8. The van der Waals surface area contributed by atoms with Gasteiger partial charge in [0, 0.05) is 24.2 Å². The summed E-state index contributed by atoms with van der Waals surface area (Å²) < 4.78 is 5.55. The van der Waals surface area contributed by atoms with E-state index in [1.54, 1.807) is 7.11 Å². The number of aryl methyl sites for hydroxylation is 1. The van der Waals surface area contributed by atoms with E-state index in [1.165, 1.54) is 42.5 Å². The van der Waals surface area contributed by atoms with Gasteiger partial charge < -0.3 is 14.7 Å². The average molecular weight is 321 g/mol. The third-order valence-corrected chi connectivity index (χ3v) is 5.07. The zero-order chi connectivity index (χ0) is 16.5. The summed E-state index contributed by atoms with van der Waals surface area (Å²) >= 11 is 0. The second-order valence-electron chi connectivity index (χ2n) is 6.46. The zero-order valence-corrected chi connectivity index (χ0v) is 14.2. The number of hydrogen-bond donors (Lipinski definition) is 2. The standard InChI is InChI=1S/C20H23N3O/c1-3-13-6-4-7-14-12-22-18(20(13)14)10-17-19(24-2)11-16(23-17)15-8-5-9-21-15/h5,8-13,21-22H,3-4,6-7H2,1-2H3. The fraction of sp³-hybridized carbons (Fsp3) is 0.350. The molecule has 24 heavy (non-hydrogen) atoms. The summed E-state index contributed by atoms with van der Waals surface area (Å²) in [7, 11) is 1.70. The molecule has 1 unspecified atom stereocenters. The second-order valence-corrected chi connectivity index (χ2v) is 6.46. The van der Waals surface area contributed by atoms with Crippen LogP contribution in [0, 0.1) is 0 Å². The monoisotopic (exact) mass is 321 g/mol. The van der Waals surface area contributed by atoms with Gasteiger partial charge in [-0.2, -0.15) is 0 Å². The lowest BCUT2D eigenvalue weighted by Crippen LogP contribution is -2.08. The molecule has 0 fully saturated rings. The van der Waals surface area contributed by atoms with Crippen molar-refractivity contribution in [1.29, 1.82) is 0 Å². The summed E-state index contributed by atoms with van der Waals surface area (Å²) in [5.74, 6) is 1.46. The molecule has 0 spiro atoms. The highest BCUT2D eigenvalue weighted by atomic mass is 16.5. The molecule has 0 radical (unpaired) electrons. The number of aromatic nitrogens is 2. The topological polar surface area (TPSA) is 53.2 Å². The number of rotatable bonds is 4. The molecule has 4 rings (SSSR count). The van der Waals surface area contributed by atoms with Crippen molar-refractivity contribution in [3.05, 3.63) is 64.6 Å². The van der Waals surface area contributed by atoms with E-state index in [4.69, 9.17) is 9.73 Å². The molecular formula is C20H23N3O. The Kier molecular flexibility index (Phi) is 3.89. The fourth-order valence-electron chi connectivity index (χ4n) is 3.84. The van der Waals surface area contributed by atoms with Crippen molar-refractivity contribution in [2.24, 2.45) is 4.99 Å². The molecule has 1 aliphatic carbocycles. The summed E-state index contributed by atoms with van der Waals surface area (Å²) in [6.07, 6.45) is 13.1. The first-order valence-corrected chi connectivity index (χ1v) is 8.70. The number of fused-ring (bicyclic) bond motifs is 1. The van der Waals surface area contributed by atoms with E-state index in [9.17, 15) is 0 Å². The number of nitrogens with zero attached hydrogens (tertiary/aromatic N) is 1. The largest absolute Gasteiger partial charge is 0.494 e. The van der Waals surface area contributed by atoms with Crippen molar-refractivity contribution >= 4 is 11.8 Å². The molecule has 0 amide bonds. The van der Waals surface area contributed by atoms with Gasteiger partial charge in [0.1, 0.15) is 11.5 Å². The lowest BCUT2D eigenvalue weighted by atomic mass is 9.82. The van der Waals surface area contributed by atoms with E-state index in [0.29, 0.717) is 5.92 Å². The third-order valence-electron chi connectivity index (χ3n) is 5.07. The van der Waals surface area contributed by atoms with Gasteiger partial charge in [0.05, 0.1) is 18.5 Å². The van der Waals surface area contributed by atoms with Crippen LogP contribution in [0.25, 0.3) is 6.08 Å². The van der Waals surface area contributed by atoms with E-state index in [-0.39, 0.29) is 0 Å². The summed E-state index contributed by atoms with van der Waals surface area (Å²) in [5.41, 5.74) is 6.94. The predicted molar refractivity (Wildman–Crippen MR) is 97.2 cm³/mol. The van der Waals surface area contributed by atoms with Gasteiger partial charge in [-0.1, -0.05) is 6.92 Å². The minimum atomic E-state index is 0.648. The number of ether oxygens (including phenoxy) is 1. The van der Waals surface area contributed by atoms with E-state index in [0.717, 1.165) is 22.9 Å². The van der Waals surface area contributed by atoms with Crippen LogP contribution in [0.4, 0.5) is 0 Å². The van der Waals surface area contributed by atoms with Crippen LogP contribution in [-0.2, 0) is 11.2 Å². The van der Waals surface area contributed by atoms with Crippen LogP contribution in [0.2, 0.25) is 0 Å². The molecule has 0 aromatic carbocycles. The van der Waals surface area contributed by atoms with Crippen molar-refractivity contribution in [3.8, 4) is 0 Å². The van der Waals surface area contributed by atoms with Crippen LogP contribution in [-0.4, -0.2) is 22.8 Å². The lowest BCUT2D eigenvalue weighted by molar-refractivity contribution is 0.303. The third kappa shape index (κ3) is 2.52. The Hall–Kier alpha value is -2.49. The Morgan fingerprint density at radius 1 is 1.38 bits per heavy atom. The molecule has 0 saturated heterocycles. The molecule has 1 aliphatic heterocycles. The molecule has 4 nitrogen and oxygen atoms in total. The molecule has 0 bridgehead atoms. The zero-order valence-electron chi connectivity index (χ0n) is 14.2. The maximum absolute atomic E-state index is 5.55. The molecular weight excluding hydrogens is 298 g/mol. The average Bonchev–Trinajstić information content (AvgIpc) is 3.34. The van der Waals surface area contributed by atoms with E-state index in [2.05, 4.69) is 29.2 Å². The minimum absolute atomic E-state index is 0.648. The van der Waals surface area contributed by atoms with Gasteiger partial charge in [0.25, 0.3) is 0 Å².